The SMILES string of the molecule is Cl.O=C(Nc1ccc(N2CCCC2=O)cc1)c1cccc2c1CCCN2. The van der Waals surface area contributed by atoms with Crippen LogP contribution in [0.4, 0.5) is 17.1 Å². The van der Waals surface area contributed by atoms with E-state index in [9.17, 15) is 9.59 Å². The van der Waals surface area contributed by atoms with Crippen LogP contribution >= 0.6 is 12.4 Å². The molecule has 2 aliphatic heterocycles. The molecule has 136 valence electrons. The third-order valence-electron chi connectivity index (χ3n) is 4.85. The van der Waals surface area contributed by atoms with Crippen molar-refractivity contribution in [3.05, 3.63) is 53.6 Å². The van der Waals surface area contributed by atoms with Crippen LogP contribution in [-0.2, 0) is 11.2 Å². The van der Waals surface area contributed by atoms with E-state index in [0.29, 0.717) is 6.42 Å². The minimum atomic E-state index is -0.0921. The van der Waals surface area contributed by atoms with Crippen molar-refractivity contribution in [2.45, 2.75) is 25.7 Å². The first-order chi connectivity index (χ1) is 12.2. The van der Waals surface area contributed by atoms with Gasteiger partial charge in [-0.2, -0.15) is 0 Å². The number of fused-ring (bicyclic) bond motifs is 1. The molecular weight excluding hydrogens is 350 g/mol. The summed E-state index contributed by atoms with van der Waals surface area (Å²) in [6.45, 7) is 1.72. The second-order valence-corrected chi connectivity index (χ2v) is 6.51. The number of carbonyl (C=O) groups excluding carboxylic acids is 2. The van der Waals surface area contributed by atoms with Crippen LogP contribution in [0.3, 0.4) is 0 Å². The second kappa shape index (κ2) is 7.79. The van der Waals surface area contributed by atoms with Gasteiger partial charge >= 0.3 is 0 Å². The van der Waals surface area contributed by atoms with Crippen molar-refractivity contribution >= 4 is 41.3 Å². The molecule has 0 aliphatic carbocycles. The average molecular weight is 372 g/mol. The number of halogens is 1. The molecule has 0 atom stereocenters. The summed E-state index contributed by atoms with van der Waals surface area (Å²) in [6.07, 6.45) is 3.48. The summed E-state index contributed by atoms with van der Waals surface area (Å²) >= 11 is 0. The van der Waals surface area contributed by atoms with E-state index in [4.69, 9.17) is 0 Å². The van der Waals surface area contributed by atoms with Gasteiger partial charge in [-0.25, -0.2) is 0 Å². The molecule has 0 saturated carbocycles. The summed E-state index contributed by atoms with van der Waals surface area (Å²) < 4.78 is 0. The minimum absolute atomic E-state index is 0. The quantitative estimate of drug-likeness (QED) is 0.861. The van der Waals surface area contributed by atoms with Crippen LogP contribution in [0.15, 0.2) is 42.5 Å². The molecular formula is C20H22ClN3O2. The van der Waals surface area contributed by atoms with Gasteiger partial charge in [0.25, 0.3) is 5.91 Å². The number of rotatable bonds is 3. The lowest BCUT2D eigenvalue weighted by Gasteiger charge is -2.20. The van der Waals surface area contributed by atoms with E-state index in [1.807, 2.05) is 42.5 Å². The van der Waals surface area contributed by atoms with Gasteiger partial charge in [0.15, 0.2) is 0 Å². The zero-order valence-electron chi connectivity index (χ0n) is 14.5. The first-order valence-electron chi connectivity index (χ1n) is 8.80. The Kier molecular flexibility index (Phi) is 5.47. The maximum absolute atomic E-state index is 12.7. The summed E-state index contributed by atoms with van der Waals surface area (Å²) in [5.41, 5.74) is 4.50. The van der Waals surface area contributed by atoms with Crippen LogP contribution in [-0.4, -0.2) is 24.9 Å². The van der Waals surface area contributed by atoms with Crippen molar-refractivity contribution in [1.82, 2.24) is 0 Å². The van der Waals surface area contributed by atoms with Crippen LogP contribution < -0.4 is 15.5 Å². The number of carbonyl (C=O) groups is 2. The van der Waals surface area contributed by atoms with Crippen molar-refractivity contribution in [2.75, 3.05) is 28.6 Å². The molecule has 0 aromatic heterocycles. The molecule has 0 bridgehead atoms. The molecule has 1 saturated heterocycles. The topological polar surface area (TPSA) is 61.4 Å². The van der Waals surface area contributed by atoms with Gasteiger partial charge in [0, 0.05) is 42.1 Å². The number of nitrogens with one attached hydrogen (secondary N) is 2. The molecule has 5 nitrogen and oxygen atoms in total. The molecule has 4 rings (SSSR count). The molecule has 6 heteroatoms. The molecule has 0 radical (unpaired) electrons. The second-order valence-electron chi connectivity index (χ2n) is 6.51. The number of benzene rings is 2. The predicted molar refractivity (Wildman–Crippen MR) is 106 cm³/mol. The van der Waals surface area contributed by atoms with Crippen molar-refractivity contribution in [3.8, 4) is 0 Å². The van der Waals surface area contributed by atoms with Crippen LogP contribution in [0, 0.1) is 0 Å². The van der Waals surface area contributed by atoms with Crippen molar-refractivity contribution in [1.29, 1.82) is 0 Å². The van der Waals surface area contributed by atoms with Gasteiger partial charge in [-0.3, -0.25) is 9.59 Å². The standard InChI is InChI=1S/C20H21N3O2.ClH/c24-19-7-3-13-23(19)15-10-8-14(9-11-15)22-20(25)17-4-1-6-18-16(17)5-2-12-21-18;/h1,4,6,8-11,21H,2-3,5,7,12-13H2,(H,22,25);1H. The molecule has 26 heavy (non-hydrogen) atoms. The summed E-state index contributed by atoms with van der Waals surface area (Å²) in [5.74, 6) is 0.0748. The molecule has 0 unspecified atom stereocenters. The Hall–Kier alpha value is -2.53. The van der Waals surface area contributed by atoms with E-state index in [1.54, 1.807) is 4.90 Å². The van der Waals surface area contributed by atoms with Gasteiger partial charge in [0.1, 0.15) is 0 Å². The van der Waals surface area contributed by atoms with Gasteiger partial charge < -0.3 is 15.5 Å². The third-order valence-corrected chi connectivity index (χ3v) is 4.85. The molecule has 1 fully saturated rings. The van der Waals surface area contributed by atoms with Crippen LogP contribution in [0.1, 0.15) is 35.2 Å². The Morgan fingerprint density at radius 2 is 1.85 bits per heavy atom. The Labute approximate surface area is 159 Å². The highest BCUT2D eigenvalue weighted by Crippen LogP contribution is 2.27. The molecule has 2 amide bonds. The first-order valence-corrected chi connectivity index (χ1v) is 8.80. The zero-order chi connectivity index (χ0) is 17.2. The molecule has 0 spiro atoms. The highest BCUT2D eigenvalue weighted by molar-refractivity contribution is 6.06. The lowest BCUT2D eigenvalue weighted by molar-refractivity contribution is -0.117. The smallest absolute Gasteiger partial charge is 0.256 e. The summed E-state index contributed by atoms with van der Waals surface area (Å²) in [7, 11) is 0. The van der Waals surface area contributed by atoms with E-state index in [0.717, 1.165) is 60.5 Å². The highest BCUT2D eigenvalue weighted by atomic mass is 35.5. The summed E-state index contributed by atoms with van der Waals surface area (Å²) in [6, 6.07) is 13.3. The van der Waals surface area contributed by atoms with E-state index < -0.39 is 0 Å². The normalized spacial score (nSPS) is 15.7. The largest absolute Gasteiger partial charge is 0.385 e. The number of hydrogen-bond acceptors (Lipinski definition) is 3. The van der Waals surface area contributed by atoms with Gasteiger partial charge in [0.05, 0.1) is 0 Å². The van der Waals surface area contributed by atoms with Crippen molar-refractivity contribution < 1.29 is 9.59 Å². The van der Waals surface area contributed by atoms with Crippen molar-refractivity contribution in [3.63, 3.8) is 0 Å². The van der Waals surface area contributed by atoms with Gasteiger partial charge in [-0.05, 0) is 61.2 Å². The van der Waals surface area contributed by atoms with E-state index in [2.05, 4.69) is 10.6 Å². The maximum Gasteiger partial charge on any atom is 0.256 e. The number of hydrogen-bond donors (Lipinski definition) is 2. The van der Waals surface area contributed by atoms with E-state index in [-0.39, 0.29) is 24.2 Å². The first kappa shape index (κ1) is 18.3. The highest BCUT2D eigenvalue weighted by Gasteiger charge is 2.22. The molecule has 2 heterocycles. The number of nitrogens with zero attached hydrogens (tertiary/aromatic N) is 1. The number of amides is 2. The molecule has 2 aliphatic rings. The van der Waals surface area contributed by atoms with Gasteiger partial charge in [-0.15, -0.1) is 12.4 Å². The Bertz CT molecular complexity index is 820. The number of anilines is 3. The Morgan fingerprint density at radius 1 is 1.04 bits per heavy atom. The fourth-order valence-corrected chi connectivity index (χ4v) is 3.57. The summed E-state index contributed by atoms with van der Waals surface area (Å²) in [5, 5.41) is 6.31. The molecule has 2 aromatic carbocycles. The van der Waals surface area contributed by atoms with E-state index >= 15 is 0 Å². The van der Waals surface area contributed by atoms with Gasteiger partial charge in [0.2, 0.25) is 5.91 Å². The maximum atomic E-state index is 12.7. The Morgan fingerprint density at radius 3 is 2.58 bits per heavy atom. The van der Waals surface area contributed by atoms with Crippen molar-refractivity contribution in [2.24, 2.45) is 0 Å². The average Bonchev–Trinajstić information content (AvgIpc) is 3.08. The minimum Gasteiger partial charge on any atom is -0.385 e. The summed E-state index contributed by atoms with van der Waals surface area (Å²) in [4.78, 5) is 26.3. The fourth-order valence-electron chi connectivity index (χ4n) is 3.57. The van der Waals surface area contributed by atoms with Crippen LogP contribution in [0.5, 0.6) is 0 Å². The van der Waals surface area contributed by atoms with E-state index in [1.165, 1.54) is 0 Å². The van der Waals surface area contributed by atoms with Gasteiger partial charge in [-0.1, -0.05) is 6.07 Å². The van der Waals surface area contributed by atoms with Crippen LogP contribution in [0.2, 0.25) is 0 Å². The monoisotopic (exact) mass is 371 g/mol. The lowest BCUT2D eigenvalue weighted by atomic mass is 9.97. The third kappa shape index (κ3) is 3.53. The fraction of sp³-hybridized carbons (Fsp3) is 0.300. The molecule has 2 N–H and O–H groups in total. The lowest BCUT2D eigenvalue weighted by Crippen LogP contribution is -2.23. The molecule has 2 aromatic rings. The van der Waals surface area contributed by atoms with Crippen LogP contribution in [0.25, 0.3) is 0 Å². The Balaban J connectivity index is 0.00000196. The zero-order valence-corrected chi connectivity index (χ0v) is 15.3. The predicted octanol–water partition coefficient (Wildman–Crippen LogP) is 3.85.